The number of nitrogen functional groups attached to an aromatic ring is 1. The van der Waals surface area contributed by atoms with Gasteiger partial charge in [-0.15, -0.1) is 0 Å². The summed E-state index contributed by atoms with van der Waals surface area (Å²) in [5.41, 5.74) is 7.15. The number of nitrogens with two attached hydrogens (primary N) is 1. The Balaban J connectivity index is 2.64. The summed E-state index contributed by atoms with van der Waals surface area (Å²) < 4.78 is 14.8. The molecule has 0 amide bonds. The molecule has 1 aromatic carbocycles. The van der Waals surface area contributed by atoms with E-state index in [1.54, 1.807) is 6.07 Å². The minimum Gasteiger partial charge on any atom is -0.383 e. The fraction of sp³-hybridized carbons (Fsp3) is 0.0909. The molecule has 0 radical (unpaired) electrons. The van der Waals surface area contributed by atoms with Gasteiger partial charge in [0, 0.05) is 10.0 Å². The van der Waals surface area contributed by atoms with Crippen molar-refractivity contribution in [2.45, 2.75) is 6.92 Å². The molecule has 0 atom stereocenters. The molecule has 88 valence electrons. The Bertz CT molecular complexity index is 566. The summed E-state index contributed by atoms with van der Waals surface area (Å²) in [6.45, 7) is 1.84. The van der Waals surface area contributed by atoms with Crippen LogP contribution in [0.1, 0.15) is 5.69 Å². The zero-order valence-corrected chi connectivity index (χ0v) is 12.6. The van der Waals surface area contributed by atoms with Crippen LogP contribution in [0.15, 0.2) is 22.7 Å². The minimum atomic E-state index is -0.332. The molecule has 17 heavy (non-hydrogen) atoms. The van der Waals surface area contributed by atoms with Gasteiger partial charge in [0.1, 0.15) is 11.6 Å². The van der Waals surface area contributed by atoms with Gasteiger partial charge in [0.15, 0.2) is 5.82 Å². The number of anilines is 1. The number of nitrogens with zero attached hydrogens (tertiary/aromatic N) is 2. The molecular weight excluding hydrogens is 400 g/mol. The first-order chi connectivity index (χ1) is 7.99. The van der Waals surface area contributed by atoms with Gasteiger partial charge in [-0.2, -0.15) is 0 Å². The number of rotatable bonds is 1. The molecule has 0 aliphatic heterocycles. The third-order valence-electron chi connectivity index (χ3n) is 2.21. The van der Waals surface area contributed by atoms with Crippen molar-refractivity contribution in [2.75, 3.05) is 5.73 Å². The zero-order valence-electron chi connectivity index (χ0n) is 8.84. The molecule has 0 aliphatic rings. The van der Waals surface area contributed by atoms with Crippen molar-refractivity contribution >= 4 is 44.3 Å². The molecule has 2 rings (SSSR count). The monoisotopic (exact) mass is 407 g/mol. The largest absolute Gasteiger partial charge is 0.383 e. The number of benzene rings is 1. The van der Waals surface area contributed by atoms with Gasteiger partial charge in [-0.05, 0) is 47.7 Å². The molecule has 0 spiro atoms. The van der Waals surface area contributed by atoms with E-state index in [1.165, 1.54) is 12.1 Å². The molecule has 6 heteroatoms. The summed E-state index contributed by atoms with van der Waals surface area (Å²) >= 11 is 5.43. The number of aryl methyl sites for hydroxylation is 1. The average Bonchev–Trinajstić information content (AvgIpc) is 2.28. The molecule has 3 nitrogen and oxygen atoms in total. The van der Waals surface area contributed by atoms with Crippen LogP contribution in [-0.4, -0.2) is 9.97 Å². The summed E-state index contributed by atoms with van der Waals surface area (Å²) in [4.78, 5) is 8.48. The third kappa shape index (κ3) is 2.57. The van der Waals surface area contributed by atoms with E-state index in [9.17, 15) is 4.39 Å². The molecule has 0 unspecified atom stereocenters. The lowest BCUT2D eigenvalue weighted by atomic mass is 10.2. The summed E-state index contributed by atoms with van der Waals surface area (Å²) in [7, 11) is 0. The van der Waals surface area contributed by atoms with Crippen LogP contribution in [0.5, 0.6) is 0 Å². The fourth-order valence-corrected chi connectivity index (χ4v) is 2.04. The van der Waals surface area contributed by atoms with Gasteiger partial charge in [0.2, 0.25) is 0 Å². The van der Waals surface area contributed by atoms with Crippen LogP contribution in [0.2, 0.25) is 0 Å². The van der Waals surface area contributed by atoms with Crippen LogP contribution in [0.3, 0.4) is 0 Å². The Labute approximate surface area is 120 Å². The quantitative estimate of drug-likeness (QED) is 0.735. The van der Waals surface area contributed by atoms with E-state index in [2.05, 4.69) is 48.5 Å². The van der Waals surface area contributed by atoms with Crippen LogP contribution in [0.25, 0.3) is 11.4 Å². The Kier molecular flexibility index (Phi) is 3.62. The first-order valence-electron chi connectivity index (χ1n) is 4.74. The minimum absolute atomic E-state index is 0.332. The summed E-state index contributed by atoms with van der Waals surface area (Å²) in [6.07, 6.45) is 0. The molecule has 0 saturated heterocycles. The van der Waals surface area contributed by atoms with Crippen LogP contribution in [0.4, 0.5) is 10.2 Å². The molecule has 0 aliphatic carbocycles. The van der Waals surface area contributed by atoms with E-state index < -0.39 is 0 Å². The lowest BCUT2D eigenvalue weighted by Crippen LogP contribution is -2.02. The highest BCUT2D eigenvalue weighted by Gasteiger charge is 2.11. The number of aromatic nitrogens is 2. The van der Waals surface area contributed by atoms with Gasteiger partial charge in [-0.1, -0.05) is 15.9 Å². The lowest BCUT2D eigenvalue weighted by molar-refractivity contribution is 0.628. The van der Waals surface area contributed by atoms with E-state index in [0.29, 0.717) is 17.2 Å². The molecule has 2 N–H and O–H groups in total. The highest BCUT2D eigenvalue weighted by Crippen LogP contribution is 2.28. The van der Waals surface area contributed by atoms with E-state index in [1.807, 2.05) is 6.92 Å². The predicted molar refractivity (Wildman–Crippen MR) is 77.0 cm³/mol. The first kappa shape index (κ1) is 12.7. The molecule has 1 heterocycles. The second-order valence-corrected chi connectivity index (χ2v) is 5.39. The van der Waals surface area contributed by atoms with Crippen LogP contribution in [-0.2, 0) is 0 Å². The highest BCUT2D eigenvalue weighted by atomic mass is 127. The van der Waals surface area contributed by atoms with E-state index in [-0.39, 0.29) is 5.82 Å². The van der Waals surface area contributed by atoms with Crippen molar-refractivity contribution in [3.63, 3.8) is 0 Å². The topological polar surface area (TPSA) is 51.8 Å². The Morgan fingerprint density at radius 1 is 1.35 bits per heavy atom. The normalized spacial score (nSPS) is 10.6. The average molecular weight is 408 g/mol. The van der Waals surface area contributed by atoms with Crippen molar-refractivity contribution in [3.8, 4) is 11.4 Å². The maximum absolute atomic E-state index is 13.2. The maximum Gasteiger partial charge on any atom is 0.163 e. The van der Waals surface area contributed by atoms with Crippen LogP contribution in [0, 0.1) is 16.3 Å². The summed E-state index contributed by atoms with van der Waals surface area (Å²) in [6, 6.07) is 4.37. The third-order valence-corrected chi connectivity index (χ3v) is 4.24. The SMILES string of the molecule is Cc1nc(-c2cc(F)ccc2Br)nc(N)c1I. The molecular formula is C11H8BrFIN3. The lowest BCUT2D eigenvalue weighted by Gasteiger charge is -2.07. The second-order valence-electron chi connectivity index (χ2n) is 3.46. The molecule has 0 saturated carbocycles. The zero-order chi connectivity index (χ0) is 12.6. The van der Waals surface area contributed by atoms with Gasteiger partial charge in [0.05, 0.1) is 9.26 Å². The Hall–Kier alpha value is -0.760. The highest BCUT2D eigenvalue weighted by molar-refractivity contribution is 14.1. The van der Waals surface area contributed by atoms with Crippen molar-refractivity contribution in [3.05, 3.63) is 37.8 Å². The van der Waals surface area contributed by atoms with Crippen LogP contribution >= 0.6 is 38.5 Å². The number of hydrogen-bond donors (Lipinski definition) is 1. The van der Waals surface area contributed by atoms with Crippen molar-refractivity contribution in [1.82, 2.24) is 9.97 Å². The van der Waals surface area contributed by atoms with Gasteiger partial charge in [-0.25, -0.2) is 14.4 Å². The molecule has 1 aromatic heterocycles. The predicted octanol–water partition coefficient (Wildman–Crippen LogP) is 3.54. The van der Waals surface area contributed by atoms with E-state index in [4.69, 9.17) is 5.73 Å². The summed E-state index contributed by atoms with van der Waals surface area (Å²) in [5.74, 6) is 0.498. The van der Waals surface area contributed by atoms with Crippen molar-refractivity contribution in [1.29, 1.82) is 0 Å². The molecule has 2 aromatic rings. The van der Waals surface area contributed by atoms with E-state index in [0.717, 1.165) is 13.7 Å². The molecule has 0 fully saturated rings. The number of hydrogen-bond acceptors (Lipinski definition) is 3. The maximum atomic E-state index is 13.2. The second kappa shape index (κ2) is 4.85. The standard InChI is InChI=1S/C11H8BrFIN3/c1-5-9(14)10(15)17-11(16-5)7-4-6(13)2-3-8(7)12/h2-4H,1H3,(H2,15,16,17). The van der Waals surface area contributed by atoms with Crippen molar-refractivity contribution < 1.29 is 4.39 Å². The van der Waals surface area contributed by atoms with Gasteiger partial charge < -0.3 is 5.73 Å². The van der Waals surface area contributed by atoms with Gasteiger partial charge in [-0.3, -0.25) is 0 Å². The van der Waals surface area contributed by atoms with E-state index >= 15 is 0 Å². The van der Waals surface area contributed by atoms with Gasteiger partial charge >= 0.3 is 0 Å². The first-order valence-corrected chi connectivity index (χ1v) is 6.61. The smallest absolute Gasteiger partial charge is 0.163 e. The Morgan fingerprint density at radius 3 is 2.71 bits per heavy atom. The Morgan fingerprint density at radius 2 is 2.06 bits per heavy atom. The fourth-order valence-electron chi connectivity index (χ4n) is 1.37. The summed E-state index contributed by atoms with van der Waals surface area (Å²) in [5, 5.41) is 0. The van der Waals surface area contributed by atoms with Crippen molar-refractivity contribution in [2.24, 2.45) is 0 Å². The number of halogens is 3. The molecule has 0 bridgehead atoms. The van der Waals surface area contributed by atoms with Gasteiger partial charge in [0.25, 0.3) is 0 Å². The van der Waals surface area contributed by atoms with Crippen LogP contribution < -0.4 is 5.73 Å².